The summed E-state index contributed by atoms with van der Waals surface area (Å²) in [5, 5.41) is 17.6. The Morgan fingerprint density at radius 2 is 1.86 bits per heavy atom. The van der Waals surface area contributed by atoms with Crippen molar-refractivity contribution in [2.75, 3.05) is 6.61 Å². The Morgan fingerprint density at radius 1 is 1.21 bits per heavy atom. The van der Waals surface area contributed by atoms with Crippen molar-refractivity contribution in [3.63, 3.8) is 0 Å². The number of aliphatic hydroxyl groups is 2. The number of rotatable bonds is 8. The summed E-state index contributed by atoms with van der Waals surface area (Å²) >= 11 is 0. The van der Waals surface area contributed by atoms with Gasteiger partial charge in [0, 0.05) is 0 Å². The molecule has 82 valence electrons. The summed E-state index contributed by atoms with van der Waals surface area (Å²) in [6.07, 6.45) is 2.92. The molecule has 2 N–H and O–H groups in total. The molecular formula is C10H18O4. The van der Waals surface area contributed by atoms with Crippen LogP contribution in [-0.4, -0.2) is 34.5 Å². The minimum absolute atomic E-state index is 0.310. The fourth-order valence-electron chi connectivity index (χ4n) is 1.16. The van der Waals surface area contributed by atoms with E-state index in [1.807, 2.05) is 0 Å². The van der Waals surface area contributed by atoms with Crippen LogP contribution in [-0.2, 0) is 9.59 Å². The number of Topliss-reactive ketones (excluding diaryl/α,β-unsaturated/α-hetero) is 2. The second kappa shape index (κ2) is 7.64. The van der Waals surface area contributed by atoms with Gasteiger partial charge in [-0.2, -0.15) is 0 Å². The van der Waals surface area contributed by atoms with Crippen LogP contribution < -0.4 is 0 Å². The highest BCUT2D eigenvalue weighted by Gasteiger charge is 2.21. The Labute approximate surface area is 83.9 Å². The van der Waals surface area contributed by atoms with Crippen LogP contribution in [0.1, 0.15) is 39.0 Å². The summed E-state index contributed by atoms with van der Waals surface area (Å²) in [6, 6.07) is 0. The van der Waals surface area contributed by atoms with Gasteiger partial charge in [0.15, 0.2) is 0 Å². The van der Waals surface area contributed by atoms with Crippen LogP contribution >= 0.6 is 0 Å². The third-order valence-corrected chi connectivity index (χ3v) is 2.05. The highest BCUT2D eigenvalue weighted by molar-refractivity contribution is 6.39. The fourth-order valence-corrected chi connectivity index (χ4v) is 1.16. The van der Waals surface area contributed by atoms with E-state index in [0.29, 0.717) is 6.42 Å². The van der Waals surface area contributed by atoms with Gasteiger partial charge in [0.1, 0.15) is 12.7 Å². The van der Waals surface area contributed by atoms with Crippen LogP contribution in [0.2, 0.25) is 0 Å². The highest BCUT2D eigenvalue weighted by Crippen LogP contribution is 2.06. The summed E-state index contributed by atoms with van der Waals surface area (Å²) in [4.78, 5) is 21.7. The maximum Gasteiger partial charge on any atom is 0.229 e. The van der Waals surface area contributed by atoms with Gasteiger partial charge in [-0.15, -0.1) is 0 Å². The van der Waals surface area contributed by atoms with Crippen LogP contribution in [0.25, 0.3) is 0 Å². The van der Waals surface area contributed by atoms with E-state index in [1.165, 1.54) is 0 Å². The van der Waals surface area contributed by atoms with Gasteiger partial charge in [-0.25, -0.2) is 0 Å². The Morgan fingerprint density at radius 3 is 2.36 bits per heavy atom. The molecule has 0 amide bonds. The standard InChI is InChI=1S/C10H18O4/c1-2-3-4-5-6-8(12)10(14)9(13)7-11/h8,11-12H,2-7H2,1H3. The second-order valence-corrected chi connectivity index (χ2v) is 3.31. The lowest BCUT2D eigenvalue weighted by Crippen LogP contribution is -2.30. The molecule has 1 unspecified atom stereocenters. The zero-order valence-electron chi connectivity index (χ0n) is 8.53. The molecule has 0 aromatic heterocycles. The van der Waals surface area contributed by atoms with Crippen LogP contribution in [0.15, 0.2) is 0 Å². The van der Waals surface area contributed by atoms with Gasteiger partial charge in [0.05, 0.1) is 0 Å². The molecule has 0 aliphatic rings. The van der Waals surface area contributed by atoms with Crippen molar-refractivity contribution in [2.45, 2.75) is 45.1 Å². The zero-order valence-corrected chi connectivity index (χ0v) is 8.53. The van der Waals surface area contributed by atoms with E-state index in [1.54, 1.807) is 0 Å². The number of ketones is 2. The van der Waals surface area contributed by atoms with E-state index in [0.717, 1.165) is 25.7 Å². The smallest absolute Gasteiger partial charge is 0.229 e. The molecule has 4 nitrogen and oxygen atoms in total. The van der Waals surface area contributed by atoms with Crippen LogP contribution in [0.3, 0.4) is 0 Å². The lowest BCUT2D eigenvalue weighted by molar-refractivity contribution is -0.143. The molecule has 0 rings (SSSR count). The fraction of sp³-hybridized carbons (Fsp3) is 0.800. The van der Waals surface area contributed by atoms with Gasteiger partial charge in [0.2, 0.25) is 11.6 Å². The van der Waals surface area contributed by atoms with Crippen molar-refractivity contribution < 1.29 is 19.8 Å². The molecule has 0 radical (unpaired) electrons. The molecule has 0 spiro atoms. The number of carbonyl (C=O) groups is 2. The number of unbranched alkanes of at least 4 members (excludes halogenated alkanes) is 3. The summed E-state index contributed by atoms with van der Waals surface area (Å²) in [5.74, 6) is -1.78. The lowest BCUT2D eigenvalue weighted by atomic mass is 10.0. The molecule has 0 fully saturated rings. The third-order valence-electron chi connectivity index (χ3n) is 2.05. The molecule has 0 aliphatic heterocycles. The normalized spacial score (nSPS) is 12.5. The van der Waals surface area contributed by atoms with E-state index in [4.69, 9.17) is 5.11 Å². The molecule has 0 bridgehead atoms. The molecule has 0 saturated carbocycles. The maximum atomic E-state index is 11.0. The van der Waals surface area contributed by atoms with Gasteiger partial charge in [-0.3, -0.25) is 9.59 Å². The largest absolute Gasteiger partial charge is 0.388 e. The lowest BCUT2D eigenvalue weighted by Gasteiger charge is -2.06. The van der Waals surface area contributed by atoms with Crippen LogP contribution in [0, 0.1) is 0 Å². The Hall–Kier alpha value is -0.740. The van der Waals surface area contributed by atoms with Gasteiger partial charge < -0.3 is 10.2 Å². The summed E-state index contributed by atoms with van der Waals surface area (Å²) < 4.78 is 0. The third kappa shape index (κ3) is 5.09. The number of aliphatic hydroxyl groups excluding tert-OH is 2. The quantitative estimate of drug-likeness (QED) is 0.442. The molecule has 0 heterocycles. The molecule has 0 aromatic rings. The predicted molar refractivity (Wildman–Crippen MR) is 51.9 cm³/mol. The average molecular weight is 202 g/mol. The highest BCUT2D eigenvalue weighted by atomic mass is 16.3. The molecule has 1 atom stereocenters. The number of hydrogen-bond donors (Lipinski definition) is 2. The predicted octanol–water partition coefficient (Wildman–Crippen LogP) is 0.448. The van der Waals surface area contributed by atoms with Crippen molar-refractivity contribution in [1.82, 2.24) is 0 Å². The van der Waals surface area contributed by atoms with Crippen molar-refractivity contribution in [2.24, 2.45) is 0 Å². The second-order valence-electron chi connectivity index (χ2n) is 3.31. The number of hydrogen-bond acceptors (Lipinski definition) is 4. The Bertz CT molecular complexity index is 189. The Balaban J connectivity index is 3.67. The molecular weight excluding hydrogens is 184 g/mol. The van der Waals surface area contributed by atoms with E-state index in [2.05, 4.69) is 6.92 Å². The first-order chi connectivity index (χ1) is 6.63. The monoisotopic (exact) mass is 202 g/mol. The Kier molecular flexibility index (Phi) is 7.24. The van der Waals surface area contributed by atoms with Crippen molar-refractivity contribution >= 4 is 11.6 Å². The zero-order chi connectivity index (χ0) is 11.0. The van der Waals surface area contributed by atoms with Crippen LogP contribution in [0.5, 0.6) is 0 Å². The topological polar surface area (TPSA) is 74.6 Å². The van der Waals surface area contributed by atoms with E-state index in [-0.39, 0.29) is 0 Å². The molecule has 0 aromatic carbocycles. The van der Waals surface area contributed by atoms with E-state index >= 15 is 0 Å². The minimum Gasteiger partial charge on any atom is -0.388 e. The number of carbonyl (C=O) groups excluding carboxylic acids is 2. The summed E-state index contributed by atoms with van der Waals surface area (Å²) in [6.45, 7) is 1.25. The molecule has 14 heavy (non-hydrogen) atoms. The van der Waals surface area contributed by atoms with Crippen molar-refractivity contribution in [3.8, 4) is 0 Å². The maximum absolute atomic E-state index is 11.0. The SMILES string of the molecule is CCCCCCC(O)C(=O)C(=O)CO. The van der Waals surface area contributed by atoms with Gasteiger partial charge in [-0.1, -0.05) is 32.6 Å². The van der Waals surface area contributed by atoms with Crippen molar-refractivity contribution in [1.29, 1.82) is 0 Å². The first-order valence-corrected chi connectivity index (χ1v) is 4.99. The van der Waals surface area contributed by atoms with Gasteiger partial charge >= 0.3 is 0 Å². The van der Waals surface area contributed by atoms with Crippen molar-refractivity contribution in [3.05, 3.63) is 0 Å². The summed E-state index contributed by atoms with van der Waals surface area (Å²) in [7, 11) is 0. The average Bonchev–Trinajstić information content (AvgIpc) is 2.21. The van der Waals surface area contributed by atoms with Gasteiger partial charge in [0.25, 0.3) is 0 Å². The molecule has 0 aliphatic carbocycles. The molecule has 0 saturated heterocycles. The first kappa shape index (κ1) is 13.3. The van der Waals surface area contributed by atoms with E-state index in [9.17, 15) is 14.7 Å². The van der Waals surface area contributed by atoms with E-state index < -0.39 is 24.3 Å². The molecule has 4 heteroatoms. The minimum atomic E-state index is -1.23. The van der Waals surface area contributed by atoms with Gasteiger partial charge in [-0.05, 0) is 6.42 Å². The summed E-state index contributed by atoms with van der Waals surface area (Å²) in [5.41, 5.74) is 0. The van der Waals surface area contributed by atoms with Crippen LogP contribution in [0.4, 0.5) is 0 Å². The first-order valence-electron chi connectivity index (χ1n) is 4.99.